The number of ketones is 3. The zero-order valence-corrected chi connectivity index (χ0v) is 17.6. The maximum Gasteiger partial charge on any atom is 0.193 e. The van der Waals surface area contributed by atoms with Crippen LogP contribution in [0.5, 0.6) is 0 Å². The first-order chi connectivity index (χ1) is 13.6. The Balaban J connectivity index is 1.32. The Morgan fingerprint density at radius 2 is 1.36 bits per heavy atom. The molecule has 3 heteroatoms. The number of rotatable bonds is 13. The van der Waals surface area contributed by atoms with Crippen molar-refractivity contribution in [3.63, 3.8) is 0 Å². The monoisotopic (exact) mass is 384 g/mol. The van der Waals surface area contributed by atoms with Crippen LogP contribution in [-0.4, -0.2) is 17.3 Å². The minimum Gasteiger partial charge on any atom is -0.294 e. The fourth-order valence-corrected chi connectivity index (χ4v) is 5.30. The molecule has 2 unspecified atom stereocenters. The van der Waals surface area contributed by atoms with Gasteiger partial charge in [0.2, 0.25) is 0 Å². The summed E-state index contributed by atoms with van der Waals surface area (Å²) in [6, 6.07) is 0. The maximum atomic E-state index is 12.8. The van der Waals surface area contributed by atoms with Crippen molar-refractivity contribution >= 4 is 17.3 Å². The van der Waals surface area contributed by atoms with Crippen LogP contribution in [-0.2, 0) is 14.4 Å². The first-order valence-corrected chi connectivity index (χ1v) is 11.7. The molecule has 0 spiro atoms. The van der Waals surface area contributed by atoms with E-state index in [1.54, 1.807) is 0 Å². The molecule has 28 heavy (non-hydrogen) atoms. The number of unbranched alkanes of at least 4 members (excludes halogenated alkanes) is 10. The molecule has 154 valence electrons. The molecule has 2 atom stereocenters. The summed E-state index contributed by atoms with van der Waals surface area (Å²) in [5.41, 5.74) is 1.61. The van der Waals surface area contributed by atoms with Gasteiger partial charge in [-0.1, -0.05) is 71.1 Å². The minimum absolute atomic E-state index is 0.0657. The first kappa shape index (κ1) is 21.2. The second-order valence-electron chi connectivity index (χ2n) is 8.99. The van der Waals surface area contributed by atoms with Gasteiger partial charge < -0.3 is 0 Å². The van der Waals surface area contributed by atoms with E-state index in [1.165, 1.54) is 57.4 Å². The van der Waals surface area contributed by atoms with Crippen LogP contribution in [0.2, 0.25) is 0 Å². The molecule has 0 radical (unpaired) electrons. The van der Waals surface area contributed by atoms with E-state index in [0.717, 1.165) is 44.1 Å². The van der Waals surface area contributed by atoms with Crippen LogP contribution in [0, 0.1) is 11.8 Å². The summed E-state index contributed by atoms with van der Waals surface area (Å²) in [4.78, 5) is 37.8. The van der Waals surface area contributed by atoms with Crippen molar-refractivity contribution in [3.05, 3.63) is 22.8 Å². The summed E-state index contributed by atoms with van der Waals surface area (Å²) in [6.07, 6.45) is 18.3. The molecule has 3 rings (SSSR count). The predicted molar refractivity (Wildman–Crippen MR) is 112 cm³/mol. The van der Waals surface area contributed by atoms with E-state index in [4.69, 9.17) is 0 Å². The molecule has 3 nitrogen and oxygen atoms in total. The van der Waals surface area contributed by atoms with E-state index >= 15 is 0 Å². The van der Waals surface area contributed by atoms with Crippen LogP contribution in [0.3, 0.4) is 0 Å². The molecule has 1 saturated carbocycles. The van der Waals surface area contributed by atoms with Gasteiger partial charge in [0.25, 0.3) is 0 Å². The van der Waals surface area contributed by atoms with Gasteiger partial charge in [0.05, 0.1) is 5.57 Å². The Hall–Kier alpha value is -1.51. The van der Waals surface area contributed by atoms with Gasteiger partial charge in [-0.25, -0.2) is 0 Å². The highest BCUT2D eigenvalue weighted by molar-refractivity contribution is 6.34. The summed E-state index contributed by atoms with van der Waals surface area (Å²) >= 11 is 0. The molecule has 0 aromatic heterocycles. The highest BCUT2D eigenvalue weighted by Gasteiger charge is 2.47. The standard InChI is InChI=1S/C25H36O3/c1-2-3-4-5-6-7-8-9-10-11-12-13-21(26)20-17-22(27)23-18-14-15-19(16-18)24(23)25(20)28/h17-19H,2-16H2,1H3. The van der Waals surface area contributed by atoms with Crippen molar-refractivity contribution in [2.45, 2.75) is 103 Å². The Labute approximate surface area is 170 Å². The van der Waals surface area contributed by atoms with Gasteiger partial charge in [0, 0.05) is 23.6 Å². The second-order valence-corrected chi connectivity index (χ2v) is 8.99. The molecule has 0 aromatic carbocycles. The van der Waals surface area contributed by atoms with Gasteiger partial charge in [-0.2, -0.15) is 0 Å². The minimum atomic E-state index is -0.130. The Kier molecular flexibility index (Phi) is 7.82. The fraction of sp³-hybridized carbons (Fsp3) is 0.720. The number of Topliss-reactive ketones (excluding diaryl/α,β-unsaturated/α-hetero) is 2. The van der Waals surface area contributed by atoms with Gasteiger partial charge in [0.15, 0.2) is 17.3 Å². The van der Waals surface area contributed by atoms with Crippen molar-refractivity contribution in [1.29, 1.82) is 0 Å². The molecular weight excluding hydrogens is 348 g/mol. The van der Waals surface area contributed by atoms with Crippen molar-refractivity contribution in [2.24, 2.45) is 11.8 Å². The summed E-state index contributed by atoms with van der Waals surface area (Å²) in [7, 11) is 0. The van der Waals surface area contributed by atoms with Gasteiger partial charge >= 0.3 is 0 Å². The van der Waals surface area contributed by atoms with Crippen molar-refractivity contribution in [1.82, 2.24) is 0 Å². The number of fused-ring (bicyclic) bond motifs is 4. The molecule has 0 N–H and O–H groups in total. The lowest BCUT2D eigenvalue weighted by Gasteiger charge is -2.21. The quantitative estimate of drug-likeness (QED) is 0.220. The lowest BCUT2D eigenvalue weighted by molar-refractivity contribution is -0.122. The van der Waals surface area contributed by atoms with Crippen LogP contribution in [0.1, 0.15) is 103 Å². The molecule has 1 fully saturated rings. The van der Waals surface area contributed by atoms with Crippen LogP contribution in [0.25, 0.3) is 0 Å². The summed E-state index contributed by atoms with van der Waals surface area (Å²) in [6.45, 7) is 2.25. The zero-order chi connectivity index (χ0) is 19.9. The van der Waals surface area contributed by atoms with E-state index in [1.807, 2.05) is 0 Å². The van der Waals surface area contributed by atoms with Crippen LogP contribution < -0.4 is 0 Å². The Morgan fingerprint density at radius 3 is 1.96 bits per heavy atom. The van der Waals surface area contributed by atoms with E-state index in [0.29, 0.717) is 12.0 Å². The number of hydrogen-bond acceptors (Lipinski definition) is 3. The highest BCUT2D eigenvalue weighted by Crippen LogP contribution is 2.51. The molecule has 0 heterocycles. The smallest absolute Gasteiger partial charge is 0.193 e. The molecule has 3 aliphatic rings. The number of hydrogen-bond donors (Lipinski definition) is 0. The fourth-order valence-electron chi connectivity index (χ4n) is 5.30. The number of allylic oxidation sites excluding steroid dienone is 4. The SMILES string of the molecule is CCCCCCCCCCCCCC(=O)C1=CC(=O)C2=C(C1=O)C1CCC2C1. The van der Waals surface area contributed by atoms with E-state index in [2.05, 4.69) is 6.92 Å². The zero-order valence-electron chi connectivity index (χ0n) is 17.6. The van der Waals surface area contributed by atoms with Crippen LogP contribution in [0.15, 0.2) is 22.8 Å². The van der Waals surface area contributed by atoms with Gasteiger partial charge in [-0.15, -0.1) is 0 Å². The molecular formula is C25H36O3. The highest BCUT2D eigenvalue weighted by atomic mass is 16.2. The predicted octanol–water partition coefficient (Wildman–Crippen LogP) is 6.06. The Morgan fingerprint density at radius 1 is 0.821 bits per heavy atom. The summed E-state index contributed by atoms with van der Waals surface area (Å²) in [5.74, 6) is 0.188. The largest absolute Gasteiger partial charge is 0.294 e. The number of carbonyl (C=O) groups is 3. The van der Waals surface area contributed by atoms with Crippen LogP contribution in [0.4, 0.5) is 0 Å². The van der Waals surface area contributed by atoms with Gasteiger partial charge in [0.1, 0.15) is 0 Å². The summed E-state index contributed by atoms with van der Waals surface area (Å²) in [5, 5.41) is 0. The molecule has 3 aliphatic carbocycles. The third kappa shape index (κ3) is 4.90. The second kappa shape index (κ2) is 10.3. The third-order valence-electron chi connectivity index (χ3n) is 6.88. The lowest BCUT2D eigenvalue weighted by Crippen LogP contribution is -2.27. The molecule has 0 amide bonds. The van der Waals surface area contributed by atoms with Crippen molar-refractivity contribution < 1.29 is 14.4 Å². The van der Waals surface area contributed by atoms with Crippen molar-refractivity contribution in [3.8, 4) is 0 Å². The van der Waals surface area contributed by atoms with Gasteiger partial charge in [-0.3, -0.25) is 14.4 Å². The average molecular weight is 385 g/mol. The lowest BCUT2D eigenvalue weighted by atomic mass is 9.79. The van der Waals surface area contributed by atoms with Crippen LogP contribution >= 0.6 is 0 Å². The molecule has 0 aromatic rings. The molecule has 2 bridgehead atoms. The maximum absolute atomic E-state index is 12.8. The first-order valence-electron chi connectivity index (χ1n) is 11.7. The van der Waals surface area contributed by atoms with Gasteiger partial charge in [-0.05, 0) is 37.5 Å². The normalized spacial score (nSPS) is 23.4. The Bertz CT molecular complexity index is 667. The van der Waals surface area contributed by atoms with E-state index in [-0.39, 0.29) is 34.8 Å². The van der Waals surface area contributed by atoms with E-state index < -0.39 is 0 Å². The molecule has 0 saturated heterocycles. The average Bonchev–Trinajstić information content (AvgIpc) is 3.31. The third-order valence-corrected chi connectivity index (χ3v) is 6.88. The summed E-state index contributed by atoms with van der Waals surface area (Å²) < 4.78 is 0. The topological polar surface area (TPSA) is 51.2 Å². The molecule has 0 aliphatic heterocycles. The number of carbonyl (C=O) groups excluding carboxylic acids is 3. The van der Waals surface area contributed by atoms with Crippen molar-refractivity contribution in [2.75, 3.05) is 0 Å². The van der Waals surface area contributed by atoms with E-state index in [9.17, 15) is 14.4 Å².